The molecule has 3 heterocycles. The third-order valence-corrected chi connectivity index (χ3v) is 9.43. The van der Waals surface area contributed by atoms with Crippen molar-refractivity contribution in [1.29, 1.82) is 0 Å². The van der Waals surface area contributed by atoms with Gasteiger partial charge in [-0.25, -0.2) is 0 Å². The van der Waals surface area contributed by atoms with Crippen LogP contribution >= 0.6 is 0 Å². The van der Waals surface area contributed by atoms with Gasteiger partial charge in [-0.05, 0) is 38.5 Å². The summed E-state index contributed by atoms with van der Waals surface area (Å²) in [5.41, 5.74) is -1.91. The third kappa shape index (κ3) is 4.34. The molecule has 6 atom stereocenters. The first-order valence-electron chi connectivity index (χ1n) is 14.0. The van der Waals surface area contributed by atoms with Gasteiger partial charge < -0.3 is 24.5 Å². The summed E-state index contributed by atoms with van der Waals surface area (Å²) < 4.78 is 6.77. The Kier molecular flexibility index (Phi) is 7.92. The van der Waals surface area contributed by atoms with E-state index in [1.54, 1.807) is 29.0 Å². The van der Waals surface area contributed by atoms with Gasteiger partial charge in [0.25, 0.3) is 0 Å². The largest absolute Gasteiger partial charge is 0.394 e. The summed E-state index contributed by atoms with van der Waals surface area (Å²) in [6, 6.07) is -1.34. The highest BCUT2D eigenvalue weighted by atomic mass is 16.5. The number of likely N-dealkylation sites (tertiary alicyclic amines) is 1. The van der Waals surface area contributed by atoms with Crippen molar-refractivity contribution in [2.24, 2.45) is 17.8 Å². The van der Waals surface area contributed by atoms with Gasteiger partial charge in [0, 0.05) is 26.2 Å². The molecule has 8 heteroatoms. The molecule has 37 heavy (non-hydrogen) atoms. The van der Waals surface area contributed by atoms with E-state index in [2.05, 4.69) is 13.2 Å². The van der Waals surface area contributed by atoms with Gasteiger partial charge in [-0.1, -0.05) is 45.3 Å². The van der Waals surface area contributed by atoms with E-state index in [-0.39, 0.29) is 36.3 Å². The summed E-state index contributed by atoms with van der Waals surface area (Å²) in [5, 5.41) is 10.4. The predicted molar refractivity (Wildman–Crippen MR) is 141 cm³/mol. The van der Waals surface area contributed by atoms with Crippen LogP contribution in [0, 0.1) is 17.8 Å². The van der Waals surface area contributed by atoms with Crippen LogP contribution in [0.1, 0.15) is 65.7 Å². The summed E-state index contributed by atoms with van der Waals surface area (Å²) >= 11 is 0. The quantitative estimate of drug-likeness (QED) is 0.452. The number of aliphatic hydroxyl groups is 1. The predicted octanol–water partition coefficient (Wildman–Crippen LogP) is 2.76. The van der Waals surface area contributed by atoms with Crippen LogP contribution in [-0.2, 0) is 19.1 Å². The average molecular weight is 516 g/mol. The number of ether oxygens (including phenoxy) is 1. The monoisotopic (exact) mass is 515 g/mol. The van der Waals surface area contributed by atoms with E-state index in [0.29, 0.717) is 25.9 Å². The average Bonchev–Trinajstić information content (AvgIpc) is 3.44. The van der Waals surface area contributed by atoms with Gasteiger partial charge in [0.1, 0.15) is 11.6 Å². The van der Waals surface area contributed by atoms with Crippen LogP contribution in [0.2, 0.25) is 0 Å². The molecule has 0 aromatic carbocycles. The zero-order valence-corrected chi connectivity index (χ0v) is 23.0. The lowest BCUT2D eigenvalue weighted by Gasteiger charge is -2.43. The summed E-state index contributed by atoms with van der Waals surface area (Å²) in [6.45, 7) is 14.0. The van der Waals surface area contributed by atoms with Crippen molar-refractivity contribution in [1.82, 2.24) is 14.7 Å². The highest BCUT2D eigenvalue weighted by molar-refractivity contribution is 5.99. The highest BCUT2D eigenvalue weighted by Gasteiger charge is 2.79. The fraction of sp³-hybridized carbons (Fsp3) is 0.759. The first-order valence-corrected chi connectivity index (χ1v) is 14.0. The first kappa shape index (κ1) is 27.8. The van der Waals surface area contributed by atoms with Crippen molar-refractivity contribution in [3.8, 4) is 0 Å². The molecule has 3 saturated heterocycles. The van der Waals surface area contributed by atoms with Crippen molar-refractivity contribution < 1.29 is 24.2 Å². The molecule has 0 radical (unpaired) electrons. The first-order chi connectivity index (χ1) is 17.6. The second kappa shape index (κ2) is 10.5. The van der Waals surface area contributed by atoms with Crippen molar-refractivity contribution in [3.05, 3.63) is 25.3 Å². The van der Waals surface area contributed by atoms with Crippen LogP contribution in [0.5, 0.6) is 0 Å². The molecule has 3 amide bonds. The smallest absolute Gasteiger partial charge is 0.248 e. The van der Waals surface area contributed by atoms with Crippen LogP contribution in [0.25, 0.3) is 0 Å². The highest BCUT2D eigenvalue weighted by Crippen LogP contribution is 2.64. The lowest BCUT2D eigenvalue weighted by molar-refractivity contribution is -0.158. The number of aliphatic hydroxyl groups excluding tert-OH is 1. The summed E-state index contributed by atoms with van der Waals surface area (Å²) in [5.74, 6) is -2.07. The number of carbonyl (C=O) groups excluding carboxylic acids is 3. The molecule has 1 spiro atoms. The molecule has 1 aliphatic carbocycles. The molecule has 4 rings (SSSR count). The number of rotatable bonds is 10. The maximum atomic E-state index is 14.6. The van der Waals surface area contributed by atoms with E-state index < -0.39 is 35.1 Å². The number of amides is 3. The number of likely N-dealkylation sites (N-methyl/N-ethyl adjacent to an activating group) is 1. The Hall–Kier alpha value is -2.19. The van der Waals surface area contributed by atoms with E-state index in [1.165, 1.54) is 0 Å². The topological polar surface area (TPSA) is 90.4 Å². The molecule has 4 fully saturated rings. The van der Waals surface area contributed by atoms with Gasteiger partial charge in [0.05, 0.1) is 30.1 Å². The van der Waals surface area contributed by atoms with Gasteiger partial charge >= 0.3 is 0 Å². The molecule has 2 unspecified atom stereocenters. The van der Waals surface area contributed by atoms with Crippen molar-refractivity contribution >= 4 is 17.7 Å². The van der Waals surface area contributed by atoms with E-state index >= 15 is 0 Å². The molecule has 206 valence electrons. The molecule has 0 aromatic rings. The summed E-state index contributed by atoms with van der Waals surface area (Å²) in [4.78, 5) is 47.7. The van der Waals surface area contributed by atoms with Gasteiger partial charge in [0.2, 0.25) is 17.7 Å². The van der Waals surface area contributed by atoms with Crippen molar-refractivity contribution in [3.63, 3.8) is 0 Å². The Bertz CT molecular complexity index is 931. The molecule has 3 aliphatic heterocycles. The standard InChI is InChI=1S/C29H45N3O5/c1-7-16-30(6)25(34)22-23-26(35)32(21(18-33)19(3)4)24(29(23)15-14-28(22,5)37-29)27(36)31(17-8-2)20-12-10-9-11-13-20/h7-8,19-24,33H,1-2,9-18H2,3-6H3/t21-,22+,23-,24?,28-,29?/m0/s1. The van der Waals surface area contributed by atoms with E-state index in [9.17, 15) is 19.5 Å². The maximum absolute atomic E-state index is 14.6. The van der Waals surface area contributed by atoms with Gasteiger partial charge in [-0.2, -0.15) is 0 Å². The Labute approximate surface area is 221 Å². The van der Waals surface area contributed by atoms with Crippen LogP contribution < -0.4 is 0 Å². The number of nitrogens with zero attached hydrogens (tertiary/aromatic N) is 3. The fourth-order valence-electron chi connectivity index (χ4n) is 7.63. The molecule has 1 N–H and O–H groups in total. The van der Waals surface area contributed by atoms with Gasteiger partial charge in [-0.15, -0.1) is 13.2 Å². The van der Waals surface area contributed by atoms with Crippen LogP contribution in [-0.4, -0.2) is 93.6 Å². The fourth-order valence-corrected chi connectivity index (χ4v) is 7.63. The van der Waals surface area contributed by atoms with Gasteiger partial charge in [0.15, 0.2) is 0 Å². The molecular weight excluding hydrogens is 470 g/mol. The Morgan fingerprint density at radius 1 is 1.14 bits per heavy atom. The SMILES string of the molecule is C=CCN(C)C(=O)[C@H]1[C@H]2C(=O)N([C@@H](CO)C(C)C)C(C(=O)N(CC=C)C3CCCCC3)C23CC[C@]1(C)O3. The lowest BCUT2D eigenvalue weighted by Crippen LogP contribution is -2.61. The molecule has 1 saturated carbocycles. The summed E-state index contributed by atoms with van der Waals surface area (Å²) in [6.07, 6.45) is 9.70. The van der Waals surface area contributed by atoms with Crippen LogP contribution in [0.3, 0.4) is 0 Å². The minimum atomic E-state index is -1.09. The molecule has 2 bridgehead atoms. The zero-order valence-electron chi connectivity index (χ0n) is 23.0. The van der Waals surface area contributed by atoms with Crippen molar-refractivity contribution in [2.75, 3.05) is 26.7 Å². The Balaban J connectivity index is 1.81. The Morgan fingerprint density at radius 3 is 2.35 bits per heavy atom. The summed E-state index contributed by atoms with van der Waals surface area (Å²) in [7, 11) is 1.71. The number of fused-ring (bicyclic) bond motifs is 1. The zero-order chi connectivity index (χ0) is 27.1. The molecule has 4 aliphatic rings. The number of carbonyl (C=O) groups is 3. The molecule has 8 nitrogen and oxygen atoms in total. The third-order valence-electron chi connectivity index (χ3n) is 9.43. The van der Waals surface area contributed by atoms with E-state index in [1.807, 2.05) is 25.7 Å². The Morgan fingerprint density at radius 2 is 1.78 bits per heavy atom. The lowest BCUT2D eigenvalue weighted by atomic mass is 9.66. The second-order valence-electron chi connectivity index (χ2n) is 12.0. The molecular formula is C29H45N3O5. The van der Waals surface area contributed by atoms with E-state index in [4.69, 9.17) is 4.74 Å². The minimum absolute atomic E-state index is 0.0765. The minimum Gasteiger partial charge on any atom is -0.394 e. The normalized spacial score (nSPS) is 33.9. The van der Waals surface area contributed by atoms with Crippen LogP contribution in [0.4, 0.5) is 0 Å². The number of hydrogen-bond acceptors (Lipinski definition) is 5. The van der Waals surface area contributed by atoms with E-state index in [0.717, 1.165) is 32.1 Å². The number of hydrogen-bond donors (Lipinski definition) is 1. The van der Waals surface area contributed by atoms with Gasteiger partial charge in [-0.3, -0.25) is 14.4 Å². The van der Waals surface area contributed by atoms with Crippen LogP contribution in [0.15, 0.2) is 25.3 Å². The maximum Gasteiger partial charge on any atom is 0.248 e. The molecule has 0 aromatic heterocycles. The van der Waals surface area contributed by atoms with Crippen molar-refractivity contribution in [2.45, 2.75) is 95.0 Å². The second-order valence-corrected chi connectivity index (χ2v) is 12.0.